The van der Waals surface area contributed by atoms with E-state index in [0.29, 0.717) is 17.1 Å². The van der Waals surface area contributed by atoms with Crippen LogP contribution in [0.25, 0.3) is 10.9 Å². The third-order valence-corrected chi connectivity index (χ3v) is 8.21. The second-order valence-corrected chi connectivity index (χ2v) is 11.9. The first-order valence-electron chi connectivity index (χ1n) is 12.3. The Balaban J connectivity index is 1.31. The minimum absolute atomic E-state index is 0.0216. The standard InChI is InChI=1S/C29H33ClN2O3/c1-28(2,3)20-7-5-18(6-8-20)17-32-12-11-22-24(30)10-9-23(25(22)32)26(33)31-21-15-29(16-21)13-19(14-29)27(34)35-4/h5-12,19,21H,13-17H2,1-4H3,(H,31,33). The van der Waals surface area contributed by atoms with E-state index < -0.39 is 0 Å². The summed E-state index contributed by atoms with van der Waals surface area (Å²) in [6.07, 6.45) is 5.58. The molecule has 2 saturated carbocycles. The van der Waals surface area contributed by atoms with E-state index in [1.54, 1.807) is 6.07 Å². The zero-order chi connectivity index (χ0) is 25.0. The fraction of sp³-hybridized carbons (Fsp3) is 0.448. The molecule has 2 aliphatic rings. The van der Waals surface area contributed by atoms with Crippen molar-refractivity contribution in [1.29, 1.82) is 0 Å². The van der Waals surface area contributed by atoms with Gasteiger partial charge in [0.2, 0.25) is 0 Å². The smallest absolute Gasteiger partial charge is 0.308 e. The van der Waals surface area contributed by atoms with Gasteiger partial charge in [0.1, 0.15) is 0 Å². The molecule has 0 radical (unpaired) electrons. The van der Waals surface area contributed by atoms with Crippen molar-refractivity contribution in [1.82, 2.24) is 9.88 Å². The summed E-state index contributed by atoms with van der Waals surface area (Å²) in [5.74, 6) is -0.160. The number of benzene rings is 2. The van der Waals surface area contributed by atoms with Gasteiger partial charge in [-0.2, -0.15) is 0 Å². The number of amides is 1. The Morgan fingerprint density at radius 1 is 1.06 bits per heavy atom. The van der Waals surface area contributed by atoms with Gasteiger partial charge in [-0.05, 0) is 65.8 Å². The zero-order valence-electron chi connectivity index (χ0n) is 20.9. The lowest BCUT2D eigenvalue weighted by Crippen LogP contribution is -2.57. The molecule has 1 N–H and O–H groups in total. The second kappa shape index (κ2) is 8.70. The highest BCUT2D eigenvalue weighted by molar-refractivity contribution is 6.36. The molecule has 184 valence electrons. The number of rotatable bonds is 5. The SMILES string of the molecule is COC(=O)C1CC2(CC(NC(=O)c3ccc(Cl)c4ccn(Cc5ccc(C(C)(C)C)cc5)c34)C2)C1. The van der Waals surface area contributed by atoms with Gasteiger partial charge in [-0.25, -0.2) is 0 Å². The topological polar surface area (TPSA) is 60.3 Å². The van der Waals surface area contributed by atoms with Crippen molar-refractivity contribution in [2.24, 2.45) is 11.3 Å². The van der Waals surface area contributed by atoms with E-state index in [0.717, 1.165) is 36.6 Å². The Labute approximate surface area is 211 Å². The molecule has 5 rings (SSSR count). The minimum atomic E-state index is -0.111. The van der Waals surface area contributed by atoms with Gasteiger partial charge in [-0.15, -0.1) is 0 Å². The van der Waals surface area contributed by atoms with Crippen LogP contribution in [0.1, 0.15) is 67.9 Å². The molecule has 1 aromatic heterocycles. The maximum Gasteiger partial charge on any atom is 0.308 e. The van der Waals surface area contributed by atoms with E-state index in [2.05, 4.69) is 54.9 Å². The minimum Gasteiger partial charge on any atom is -0.469 e. The van der Waals surface area contributed by atoms with Crippen molar-refractivity contribution in [2.45, 2.75) is 64.5 Å². The predicted molar refractivity (Wildman–Crippen MR) is 139 cm³/mol. The second-order valence-electron chi connectivity index (χ2n) is 11.5. The van der Waals surface area contributed by atoms with E-state index in [4.69, 9.17) is 16.3 Å². The van der Waals surface area contributed by atoms with E-state index >= 15 is 0 Å². The van der Waals surface area contributed by atoms with Crippen molar-refractivity contribution in [3.63, 3.8) is 0 Å². The van der Waals surface area contributed by atoms with E-state index in [1.807, 2.05) is 18.3 Å². The molecule has 0 saturated heterocycles. The Hall–Kier alpha value is -2.79. The van der Waals surface area contributed by atoms with Crippen molar-refractivity contribution in [2.75, 3.05) is 7.11 Å². The molecule has 5 nitrogen and oxygen atoms in total. The average molecular weight is 493 g/mol. The van der Waals surface area contributed by atoms with Crippen LogP contribution in [0.5, 0.6) is 0 Å². The molecule has 2 fully saturated rings. The molecule has 1 amide bonds. The molecule has 2 aromatic carbocycles. The molecule has 0 bridgehead atoms. The van der Waals surface area contributed by atoms with Crippen LogP contribution in [0.15, 0.2) is 48.7 Å². The highest BCUT2D eigenvalue weighted by atomic mass is 35.5. The summed E-state index contributed by atoms with van der Waals surface area (Å²) in [5, 5.41) is 4.75. The predicted octanol–water partition coefficient (Wildman–Crippen LogP) is 6.10. The van der Waals surface area contributed by atoms with Crippen LogP contribution >= 0.6 is 11.6 Å². The van der Waals surface area contributed by atoms with Crippen LogP contribution in [0.2, 0.25) is 5.02 Å². The van der Waals surface area contributed by atoms with Gasteiger partial charge in [0.25, 0.3) is 5.91 Å². The van der Waals surface area contributed by atoms with Crippen LogP contribution in [0.3, 0.4) is 0 Å². The van der Waals surface area contributed by atoms with Crippen molar-refractivity contribution < 1.29 is 14.3 Å². The molecule has 1 heterocycles. The number of carbonyl (C=O) groups excluding carboxylic acids is 2. The number of methoxy groups -OCH3 is 1. The summed E-state index contributed by atoms with van der Waals surface area (Å²) < 4.78 is 6.97. The van der Waals surface area contributed by atoms with Gasteiger partial charge in [0.05, 0.1) is 24.1 Å². The summed E-state index contributed by atoms with van der Waals surface area (Å²) in [6, 6.07) is 14.4. The van der Waals surface area contributed by atoms with E-state index in [1.165, 1.54) is 18.2 Å². The number of ether oxygens (including phenoxy) is 1. The lowest BCUT2D eigenvalue weighted by atomic mass is 9.50. The summed E-state index contributed by atoms with van der Waals surface area (Å²) in [6.45, 7) is 7.29. The molecule has 2 aliphatic carbocycles. The van der Waals surface area contributed by atoms with Crippen LogP contribution < -0.4 is 5.32 Å². The first-order chi connectivity index (χ1) is 16.6. The Kier molecular flexibility index (Phi) is 5.95. The van der Waals surface area contributed by atoms with Gasteiger partial charge in [0, 0.05) is 29.2 Å². The molecular formula is C29H33ClN2O3. The largest absolute Gasteiger partial charge is 0.469 e. The number of aromatic nitrogens is 1. The van der Waals surface area contributed by atoms with Gasteiger partial charge < -0.3 is 14.6 Å². The number of halogens is 1. The monoisotopic (exact) mass is 492 g/mol. The Bertz CT molecular complexity index is 1270. The molecule has 6 heteroatoms. The van der Waals surface area contributed by atoms with Crippen molar-refractivity contribution in [3.8, 4) is 0 Å². The van der Waals surface area contributed by atoms with Gasteiger partial charge >= 0.3 is 5.97 Å². The van der Waals surface area contributed by atoms with Crippen LogP contribution in [-0.2, 0) is 21.5 Å². The third kappa shape index (κ3) is 4.47. The number of hydrogen-bond donors (Lipinski definition) is 1. The number of nitrogens with one attached hydrogen (secondary N) is 1. The van der Waals surface area contributed by atoms with Crippen LogP contribution in [0, 0.1) is 11.3 Å². The first kappa shape index (κ1) is 23.9. The fourth-order valence-corrected chi connectivity index (χ4v) is 6.13. The highest BCUT2D eigenvalue weighted by Gasteiger charge is 2.55. The number of hydrogen-bond acceptors (Lipinski definition) is 3. The maximum atomic E-state index is 13.3. The molecular weight excluding hydrogens is 460 g/mol. The summed E-state index contributed by atoms with van der Waals surface area (Å²) in [5.41, 5.74) is 4.28. The Morgan fingerprint density at radius 2 is 1.74 bits per heavy atom. The fourth-order valence-electron chi connectivity index (χ4n) is 5.92. The molecule has 1 spiro atoms. The maximum absolute atomic E-state index is 13.3. The van der Waals surface area contributed by atoms with Crippen LogP contribution in [-0.4, -0.2) is 29.6 Å². The third-order valence-electron chi connectivity index (χ3n) is 7.88. The molecule has 0 aliphatic heterocycles. The summed E-state index contributed by atoms with van der Waals surface area (Å²) in [4.78, 5) is 25.0. The molecule has 35 heavy (non-hydrogen) atoms. The van der Waals surface area contributed by atoms with Crippen LogP contribution in [0.4, 0.5) is 0 Å². The van der Waals surface area contributed by atoms with E-state index in [9.17, 15) is 9.59 Å². The first-order valence-corrected chi connectivity index (χ1v) is 12.7. The zero-order valence-corrected chi connectivity index (χ0v) is 21.6. The van der Waals surface area contributed by atoms with Gasteiger partial charge in [-0.1, -0.05) is 56.6 Å². The quantitative estimate of drug-likeness (QED) is 0.437. The van der Waals surface area contributed by atoms with Gasteiger partial charge in [-0.3, -0.25) is 9.59 Å². The highest BCUT2D eigenvalue weighted by Crippen LogP contribution is 2.59. The number of nitrogens with zero attached hydrogens (tertiary/aromatic N) is 1. The molecule has 0 unspecified atom stereocenters. The molecule has 0 atom stereocenters. The lowest BCUT2D eigenvalue weighted by molar-refractivity contribution is -0.159. The number of carbonyl (C=O) groups is 2. The summed E-state index contributed by atoms with van der Waals surface area (Å²) >= 11 is 6.50. The molecule has 3 aromatic rings. The van der Waals surface area contributed by atoms with E-state index in [-0.39, 0.29) is 34.7 Å². The lowest BCUT2D eigenvalue weighted by Gasteiger charge is -2.56. The normalized spacial score (nSPS) is 23.6. The average Bonchev–Trinajstić information content (AvgIpc) is 3.18. The Morgan fingerprint density at radius 3 is 2.37 bits per heavy atom. The van der Waals surface area contributed by atoms with Crippen molar-refractivity contribution >= 4 is 34.4 Å². The van der Waals surface area contributed by atoms with Gasteiger partial charge in [0.15, 0.2) is 0 Å². The summed E-state index contributed by atoms with van der Waals surface area (Å²) in [7, 11) is 1.45. The van der Waals surface area contributed by atoms with Crippen molar-refractivity contribution in [3.05, 3.63) is 70.4 Å². The number of fused-ring (bicyclic) bond motifs is 1. The number of esters is 1.